The number of nitriles is 1. The molecular weight excluding hydrogens is 420 g/mol. The molecule has 32 heavy (non-hydrogen) atoms. The van der Waals surface area contributed by atoms with Crippen LogP contribution in [0.3, 0.4) is 0 Å². The second-order valence-corrected chi connectivity index (χ2v) is 8.24. The number of aryl methyl sites for hydroxylation is 1. The molecule has 7 heteroatoms. The van der Waals surface area contributed by atoms with Gasteiger partial charge in [-0.05, 0) is 61.4 Å². The lowest BCUT2D eigenvalue weighted by molar-refractivity contribution is -0.113. The molecule has 1 amide bonds. The molecule has 0 fully saturated rings. The molecule has 0 saturated carbocycles. The Hall–Kier alpha value is -3.89. The Labute approximate surface area is 189 Å². The van der Waals surface area contributed by atoms with Crippen LogP contribution in [0.5, 0.6) is 0 Å². The number of nitrogens with zero attached hydrogens (tertiary/aromatic N) is 3. The van der Waals surface area contributed by atoms with Crippen LogP contribution in [0.25, 0.3) is 16.6 Å². The monoisotopic (exact) mass is 440 g/mol. The van der Waals surface area contributed by atoms with Crippen LogP contribution in [0.15, 0.2) is 76.7 Å². The number of benzene rings is 3. The van der Waals surface area contributed by atoms with Crippen molar-refractivity contribution in [3.63, 3.8) is 0 Å². The second kappa shape index (κ2) is 9.08. The highest BCUT2D eigenvalue weighted by Crippen LogP contribution is 2.24. The first-order valence-electron chi connectivity index (χ1n) is 9.99. The highest BCUT2D eigenvalue weighted by Gasteiger charge is 2.16. The van der Waals surface area contributed by atoms with Crippen LogP contribution in [0, 0.1) is 25.2 Å². The van der Waals surface area contributed by atoms with Crippen molar-refractivity contribution in [1.29, 1.82) is 5.26 Å². The van der Waals surface area contributed by atoms with Gasteiger partial charge in [-0.15, -0.1) is 0 Å². The number of amides is 1. The van der Waals surface area contributed by atoms with Crippen LogP contribution in [-0.2, 0) is 4.79 Å². The molecule has 4 rings (SSSR count). The topological polar surface area (TPSA) is 87.8 Å². The number of carbonyl (C=O) groups is 1. The van der Waals surface area contributed by atoms with Gasteiger partial charge >= 0.3 is 0 Å². The minimum absolute atomic E-state index is 0.0619. The van der Waals surface area contributed by atoms with E-state index in [4.69, 9.17) is 10.2 Å². The van der Waals surface area contributed by atoms with Crippen molar-refractivity contribution in [2.75, 3.05) is 11.1 Å². The van der Waals surface area contributed by atoms with Gasteiger partial charge in [-0.2, -0.15) is 5.26 Å². The summed E-state index contributed by atoms with van der Waals surface area (Å²) in [4.78, 5) is 30.7. The molecule has 0 spiro atoms. The lowest BCUT2D eigenvalue weighted by atomic mass is 10.1. The Morgan fingerprint density at radius 1 is 1.09 bits per heavy atom. The summed E-state index contributed by atoms with van der Waals surface area (Å²) >= 11 is 1.20. The van der Waals surface area contributed by atoms with E-state index in [1.165, 1.54) is 11.8 Å². The number of nitrogens with one attached hydrogen (secondary N) is 1. The first-order valence-corrected chi connectivity index (χ1v) is 11.0. The van der Waals surface area contributed by atoms with E-state index in [-0.39, 0.29) is 17.2 Å². The number of thioether (sulfide) groups is 1. The largest absolute Gasteiger partial charge is 0.325 e. The number of para-hydroxylation sites is 1. The number of carbonyl (C=O) groups excluding carboxylic acids is 1. The van der Waals surface area contributed by atoms with Crippen molar-refractivity contribution in [1.82, 2.24) is 9.55 Å². The molecule has 0 atom stereocenters. The zero-order valence-electron chi connectivity index (χ0n) is 17.6. The van der Waals surface area contributed by atoms with Crippen LogP contribution in [0.2, 0.25) is 0 Å². The summed E-state index contributed by atoms with van der Waals surface area (Å²) in [5, 5.41) is 12.8. The number of hydrogen-bond donors (Lipinski definition) is 1. The molecule has 6 nitrogen and oxygen atoms in total. The third-order valence-electron chi connectivity index (χ3n) is 5.17. The predicted molar refractivity (Wildman–Crippen MR) is 127 cm³/mol. The first kappa shape index (κ1) is 21.3. The molecule has 0 unspecified atom stereocenters. The fraction of sp³-hybridized carbons (Fsp3) is 0.120. The molecule has 1 N–H and O–H groups in total. The van der Waals surface area contributed by atoms with Gasteiger partial charge in [0.15, 0.2) is 5.16 Å². The number of anilines is 1. The Bertz CT molecular complexity index is 1440. The third-order valence-corrected chi connectivity index (χ3v) is 6.11. The van der Waals surface area contributed by atoms with Crippen molar-refractivity contribution in [3.05, 3.63) is 93.8 Å². The second-order valence-electron chi connectivity index (χ2n) is 7.30. The normalized spacial score (nSPS) is 10.7. The molecule has 158 valence electrons. The van der Waals surface area contributed by atoms with Crippen LogP contribution in [-0.4, -0.2) is 21.2 Å². The lowest BCUT2D eigenvalue weighted by Gasteiger charge is -2.16. The number of hydrogen-bond acceptors (Lipinski definition) is 5. The van der Waals surface area contributed by atoms with Gasteiger partial charge in [-0.3, -0.25) is 14.2 Å². The molecule has 0 aliphatic carbocycles. The van der Waals surface area contributed by atoms with Gasteiger partial charge in [0.25, 0.3) is 5.56 Å². The summed E-state index contributed by atoms with van der Waals surface area (Å²) in [6, 6.07) is 21.8. The zero-order chi connectivity index (χ0) is 22.7. The van der Waals surface area contributed by atoms with E-state index in [2.05, 4.69) is 11.4 Å². The van der Waals surface area contributed by atoms with Gasteiger partial charge in [0.2, 0.25) is 5.91 Å². The smallest absolute Gasteiger partial charge is 0.266 e. The lowest BCUT2D eigenvalue weighted by Crippen LogP contribution is -2.23. The van der Waals surface area contributed by atoms with Crippen LogP contribution < -0.4 is 10.9 Å². The van der Waals surface area contributed by atoms with Crippen molar-refractivity contribution in [2.24, 2.45) is 0 Å². The van der Waals surface area contributed by atoms with E-state index in [1.807, 2.05) is 44.2 Å². The highest BCUT2D eigenvalue weighted by molar-refractivity contribution is 7.99. The molecule has 0 aliphatic rings. The molecular formula is C25H20N4O2S. The summed E-state index contributed by atoms with van der Waals surface area (Å²) in [5.74, 6) is -0.188. The minimum atomic E-state index is -0.250. The Balaban J connectivity index is 1.70. The van der Waals surface area contributed by atoms with Gasteiger partial charge in [-0.1, -0.05) is 42.1 Å². The third kappa shape index (κ3) is 4.27. The van der Waals surface area contributed by atoms with E-state index < -0.39 is 0 Å². The van der Waals surface area contributed by atoms with Crippen LogP contribution in [0.1, 0.15) is 16.7 Å². The molecule has 3 aromatic carbocycles. The van der Waals surface area contributed by atoms with E-state index in [0.717, 1.165) is 16.8 Å². The maximum atomic E-state index is 13.4. The SMILES string of the molecule is Cc1cccc(-n2c(SCC(=O)Nc3cccc(C#N)c3)nc3ccccc3c2=O)c1C. The highest BCUT2D eigenvalue weighted by atomic mass is 32.2. The fourth-order valence-corrected chi connectivity index (χ4v) is 4.20. The molecule has 1 aromatic heterocycles. The molecule has 1 heterocycles. The first-order chi connectivity index (χ1) is 15.5. The molecule has 4 aromatic rings. The van der Waals surface area contributed by atoms with Crippen molar-refractivity contribution in [2.45, 2.75) is 19.0 Å². The maximum absolute atomic E-state index is 13.4. The summed E-state index contributed by atoms with van der Waals surface area (Å²) in [6.45, 7) is 3.96. The van der Waals surface area contributed by atoms with E-state index in [0.29, 0.717) is 27.3 Å². The predicted octanol–water partition coefficient (Wildman–Crippen LogP) is 4.61. The van der Waals surface area contributed by atoms with Crippen LogP contribution in [0.4, 0.5) is 5.69 Å². The Kier molecular flexibility index (Phi) is 6.06. The molecule has 0 aliphatic heterocycles. The number of rotatable bonds is 5. The average Bonchev–Trinajstić information content (AvgIpc) is 2.80. The van der Waals surface area contributed by atoms with Gasteiger partial charge in [0.05, 0.1) is 34.0 Å². The maximum Gasteiger partial charge on any atom is 0.266 e. The molecule has 0 radical (unpaired) electrons. The summed E-state index contributed by atoms with van der Waals surface area (Å²) < 4.78 is 1.58. The minimum Gasteiger partial charge on any atom is -0.325 e. The Morgan fingerprint density at radius 2 is 1.88 bits per heavy atom. The quantitative estimate of drug-likeness (QED) is 0.362. The fourth-order valence-electron chi connectivity index (χ4n) is 3.39. The average molecular weight is 441 g/mol. The summed E-state index contributed by atoms with van der Waals surface area (Å²) in [6.07, 6.45) is 0. The zero-order valence-corrected chi connectivity index (χ0v) is 18.4. The number of aromatic nitrogens is 2. The molecule has 0 saturated heterocycles. The van der Waals surface area contributed by atoms with Crippen LogP contribution >= 0.6 is 11.8 Å². The Morgan fingerprint density at radius 3 is 2.69 bits per heavy atom. The van der Waals surface area contributed by atoms with E-state index in [1.54, 1.807) is 41.0 Å². The van der Waals surface area contributed by atoms with Gasteiger partial charge in [-0.25, -0.2) is 4.98 Å². The number of fused-ring (bicyclic) bond motifs is 1. The van der Waals surface area contributed by atoms with Gasteiger partial charge in [0, 0.05) is 5.69 Å². The van der Waals surface area contributed by atoms with Crippen molar-refractivity contribution in [3.8, 4) is 11.8 Å². The standard InChI is InChI=1S/C25H20N4O2S/c1-16-7-5-12-22(17(16)2)29-24(31)20-10-3-4-11-21(20)28-25(29)32-15-23(30)27-19-9-6-8-18(13-19)14-26/h3-13H,15H2,1-2H3,(H,27,30). The summed E-state index contributed by atoms with van der Waals surface area (Å²) in [7, 11) is 0. The van der Waals surface area contributed by atoms with Gasteiger partial charge in [0.1, 0.15) is 0 Å². The van der Waals surface area contributed by atoms with E-state index in [9.17, 15) is 9.59 Å². The van der Waals surface area contributed by atoms with E-state index >= 15 is 0 Å². The summed E-state index contributed by atoms with van der Waals surface area (Å²) in [5.41, 5.74) is 4.22. The molecule has 0 bridgehead atoms. The van der Waals surface area contributed by atoms with Crippen molar-refractivity contribution >= 4 is 34.3 Å². The van der Waals surface area contributed by atoms with Gasteiger partial charge < -0.3 is 5.32 Å². The van der Waals surface area contributed by atoms with Crippen molar-refractivity contribution < 1.29 is 4.79 Å².